The number of thiophene rings is 1. The lowest BCUT2D eigenvalue weighted by molar-refractivity contribution is 0.0254. The fourth-order valence-electron chi connectivity index (χ4n) is 2.52. The number of hydrogen-bond donors (Lipinski definition) is 1. The fraction of sp³-hybridized carbons (Fsp3) is 0.538. The van der Waals surface area contributed by atoms with Crippen LogP contribution >= 0.6 is 23.1 Å². The van der Waals surface area contributed by atoms with Crippen LogP contribution in [-0.2, 0) is 17.8 Å². The molecule has 1 aliphatic heterocycles. The smallest absolute Gasteiger partial charge is 0.190 e. The monoisotopic (exact) mass is 295 g/mol. The zero-order chi connectivity index (χ0) is 13.4. The summed E-state index contributed by atoms with van der Waals surface area (Å²) in [6.07, 6.45) is 5.46. The standard InChI is InChI=1S/C13H17N3OS2/c1-3-4-7-5-8-9(6-17-7)19-12-10(8)11(14)15-13(16-12)18-2/h7H,3-6H2,1-2H3,(H2,14,15,16)/t7-/m0/s1. The van der Waals surface area contributed by atoms with Crippen LogP contribution in [0.1, 0.15) is 30.2 Å². The summed E-state index contributed by atoms with van der Waals surface area (Å²) in [6, 6.07) is 0. The van der Waals surface area contributed by atoms with Crippen LogP contribution in [0.25, 0.3) is 10.2 Å². The molecule has 19 heavy (non-hydrogen) atoms. The zero-order valence-electron chi connectivity index (χ0n) is 11.1. The number of hydrogen-bond acceptors (Lipinski definition) is 6. The number of ether oxygens (including phenoxy) is 1. The van der Waals surface area contributed by atoms with E-state index in [-0.39, 0.29) is 0 Å². The van der Waals surface area contributed by atoms with Crippen molar-refractivity contribution in [1.29, 1.82) is 0 Å². The van der Waals surface area contributed by atoms with E-state index in [2.05, 4.69) is 16.9 Å². The first kappa shape index (κ1) is 13.1. The molecule has 1 atom stereocenters. The molecule has 4 nitrogen and oxygen atoms in total. The zero-order valence-corrected chi connectivity index (χ0v) is 12.7. The summed E-state index contributed by atoms with van der Waals surface area (Å²) in [7, 11) is 0. The SMILES string of the molecule is CCC[C@H]1Cc2c(sc3nc(SC)nc(N)c23)CO1. The van der Waals surface area contributed by atoms with Crippen molar-refractivity contribution >= 4 is 39.1 Å². The highest BCUT2D eigenvalue weighted by atomic mass is 32.2. The van der Waals surface area contributed by atoms with Crippen molar-refractivity contribution in [3.05, 3.63) is 10.4 Å². The average molecular weight is 295 g/mol. The van der Waals surface area contributed by atoms with Crippen molar-refractivity contribution in [2.45, 2.75) is 44.1 Å². The van der Waals surface area contributed by atoms with E-state index in [0.29, 0.717) is 18.5 Å². The highest BCUT2D eigenvalue weighted by Crippen LogP contribution is 2.38. The largest absolute Gasteiger partial charge is 0.383 e. The number of anilines is 1. The van der Waals surface area contributed by atoms with Crippen molar-refractivity contribution in [1.82, 2.24) is 9.97 Å². The molecule has 0 radical (unpaired) electrons. The van der Waals surface area contributed by atoms with Gasteiger partial charge in [0, 0.05) is 11.3 Å². The molecule has 0 aromatic carbocycles. The molecule has 1 aliphatic rings. The Morgan fingerprint density at radius 2 is 2.32 bits per heavy atom. The first-order chi connectivity index (χ1) is 9.22. The van der Waals surface area contributed by atoms with Gasteiger partial charge in [-0.3, -0.25) is 0 Å². The molecule has 6 heteroatoms. The maximum atomic E-state index is 6.12. The van der Waals surface area contributed by atoms with Crippen LogP contribution < -0.4 is 5.73 Å². The van der Waals surface area contributed by atoms with Crippen LogP contribution in [0.3, 0.4) is 0 Å². The first-order valence-electron chi connectivity index (χ1n) is 6.46. The van der Waals surface area contributed by atoms with E-state index in [1.165, 1.54) is 22.2 Å². The van der Waals surface area contributed by atoms with E-state index < -0.39 is 0 Å². The fourth-order valence-corrected chi connectivity index (χ4v) is 4.08. The van der Waals surface area contributed by atoms with Gasteiger partial charge >= 0.3 is 0 Å². The van der Waals surface area contributed by atoms with Gasteiger partial charge in [-0.15, -0.1) is 11.3 Å². The Kier molecular flexibility index (Phi) is 3.64. The molecule has 0 saturated carbocycles. The third kappa shape index (κ3) is 2.32. The number of thioether (sulfide) groups is 1. The van der Waals surface area contributed by atoms with Gasteiger partial charge in [0.1, 0.15) is 10.6 Å². The van der Waals surface area contributed by atoms with Crippen molar-refractivity contribution in [3.8, 4) is 0 Å². The lowest BCUT2D eigenvalue weighted by Gasteiger charge is -2.22. The number of nitrogens with zero attached hydrogens (tertiary/aromatic N) is 2. The van der Waals surface area contributed by atoms with E-state index in [4.69, 9.17) is 10.5 Å². The molecule has 2 aromatic rings. The van der Waals surface area contributed by atoms with Crippen molar-refractivity contribution < 1.29 is 4.74 Å². The minimum absolute atomic E-state index is 0.315. The number of fused-ring (bicyclic) bond motifs is 3. The molecule has 102 valence electrons. The van der Waals surface area contributed by atoms with E-state index in [1.807, 2.05) is 6.26 Å². The molecule has 0 bridgehead atoms. The predicted octanol–water partition coefficient (Wildman–Crippen LogP) is 3.24. The van der Waals surface area contributed by atoms with Gasteiger partial charge in [-0.05, 0) is 18.2 Å². The van der Waals surface area contributed by atoms with Gasteiger partial charge in [-0.25, -0.2) is 9.97 Å². The Labute approximate surface area is 120 Å². The molecule has 2 N–H and O–H groups in total. The summed E-state index contributed by atoms with van der Waals surface area (Å²) in [5.41, 5.74) is 7.44. The Morgan fingerprint density at radius 1 is 1.47 bits per heavy atom. The van der Waals surface area contributed by atoms with Crippen LogP contribution in [0.2, 0.25) is 0 Å². The van der Waals surface area contributed by atoms with Gasteiger partial charge in [-0.1, -0.05) is 25.1 Å². The van der Waals surface area contributed by atoms with Crippen LogP contribution in [0.4, 0.5) is 5.82 Å². The second kappa shape index (κ2) is 5.26. The van der Waals surface area contributed by atoms with Crippen molar-refractivity contribution in [3.63, 3.8) is 0 Å². The van der Waals surface area contributed by atoms with E-state index in [9.17, 15) is 0 Å². The summed E-state index contributed by atoms with van der Waals surface area (Å²) in [5, 5.41) is 1.80. The van der Waals surface area contributed by atoms with Crippen molar-refractivity contribution in [2.24, 2.45) is 0 Å². The Bertz CT molecular complexity index is 611. The molecule has 3 heterocycles. The average Bonchev–Trinajstić information content (AvgIpc) is 2.77. The van der Waals surface area contributed by atoms with Gasteiger partial charge in [0.15, 0.2) is 5.16 Å². The van der Waals surface area contributed by atoms with Crippen LogP contribution in [0.5, 0.6) is 0 Å². The molecule has 2 aromatic heterocycles. The topological polar surface area (TPSA) is 61.0 Å². The predicted molar refractivity (Wildman–Crippen MR) is 80.8 cm³/mol. The minimum atomic E-state index is 0.315. The maximum absolute atomic E-state index is 6.12. The lowest BCUT2D eigenvalue weighted by atomic mass is 10.0. The number of nitrogen functional groups attached to an aromatic ring is 1. The van der Waals surface area contributed by atoms with Gasteiger partial charge in [0.05, 0.1) is 18.1 Å². The van der Waals surface area contributed by atoms with Crippen molar-refractivity contribution in [2.75, 3.05) is 12.0 Å². The summed E-state index contributed by atoms with van der Waals surface area (Å²) in [4.78, 5) is 11.2. The highest BCUT2D eigenvalue weighted by Gasteiger charge is 2.25. The Balaban J connectivity index is 2.08. The van der Waals surface area contributed by atoms with E-state index in [0.717, 1.165) is 34.6 Å². The van der Waals surface area contributed by atoms with Gasteiger partial charge in [0.2, 0.25) is 0 Å². The second-order valence-corrected chi connectivity index (χ2v) is 6.56. The van der Waals surface area contributed by atoms with E-state index >= 15 is 0 Å². The van der Waals surface area contributed by atoms with Gasteiger partial charge in [-0.2, -0.15) is 0 Å². The quantitative estimate of drug-likeness (QED) is 0.696. The lowest BCUT2D eigenvalue weighted by Crippen LogP contribution is -2.21. The van der Waals surface area contributed by atoms with Crippen LogP contribution in [0, 0.1) is 0 Å². The number of aromatic nitrogens is 2. The molecule has 0 amide bonds. The number of nitrogens with two attached hydrogens (primary N) is 1. The van der Waals surface area contributed by atoms with Crippen LogP contribution in [-0.4, -0.2) is 22.3 Å². The molecule has 0 spiro atoms. The molecule has 0 saturated heterocycles. The van der Waals surface area contributed by atoms with E-state index in [1.54, 1.807) is 11.3 Å². The summed E-state index contributed by atoms with van der Waals surface area (Å²) in [5.74, 6) is 0.615. The summed E-state index contributed by atoms with van der Waals surface area (Å²) >= 11 is 3.22. The third-order valence-corrected chi connectivity index (χ3v) is 5.06. The second-order valence-electron chi connectivity index (χ2n) is 4.71. The van der Waals surface area contributed by atoms with Gasteiger partial charge < -0.3 is 10.5 Å². The molecular formula is C13H17N3OS2. The molecule has 0 aliphatic carbocycles. The molecule has 0 unspecified atom stereocenters. The minimum Gasteiger partial charge on any atom is -0.383 e. The molecule has 3 rings (SSSR count). The maximum Gasteiger partial charge on any atom is 0.190 e. The molecule has 0 fully saturated rings. The Morgan fingerprint density at radius 3 is 3.05 bits per heavy atom. The number of rotatable bonds is 3. The van der Waals surface area contributed by atoms with Crippen LogP contribution in [0.15, 0.2) is 5.16 Å². The highest BCUT2D eigenvalue weighted by molar-refractivity contribution is 7.98. The summed E-state index contributed by atoms with van der Waals surface area (Å²) < 4.78 is 5.89. The third-order valence-electron chi connectivity index (χ3n) is 3.42. The molecular weight excluding hydrogens is 278 g/mol. The van der Waals surface area contributed by atoms with Gasteiger partial charge in [0.25, 0.3) is 0 Å². The normalized spacial score (nSPS) is 18.7. The summed E-state index contributed by atoms with van der Waals surface area (Å²) in [6.45, 7) is 2.88. The first-order valence-corrected chi connectivity index (χ1v) is 8.50. The Hall–Kier alpha value is -0.850.